The number of fused-ring (bicyclic) bond motifs is 1. The number of carboxylic acid groups (broad SMARTS) is 1. The molecule has 4 atom stereocenters. The molecule has 0 spiro atoms. The number of carboxylic acids is 1. The molecule has 0 bridgehead atoms. The second-order valence-corrected chi connectivity index (χ2v) is 13.8. The number of benzene rings is 1. The van der Waals surface area contributed by atoms with E-state index in [9.17, 15) is 28.8 Å². The fourth-order valence-electron chi connectivity index (χ4n) is 6.43. The van der Waals surface area contributed by atoms with Crippen molar-refractivity contribution < 1.29 is 43.1 Å². The van der Waals surface area contributed by atoms with Crippen molar-refractivity contribution in [3.05, 3.63) is 36.0 Å². The van der Waals surface area contributed by atoms with E-state index in [-0.39, 0.29) is 18.8 Å². The number of likely N-dealkylation sites (N-methyl/N-ethyl adjacent to an activating group) is 2. The average molecular weight is 701 g/mol. The first-order valence-electron chi connectivity index (χ1n) is 17.3. The molecular formula is C35H54N7O8+. The summed E-state index contributed by atoms with van der Waals surface area (Å²) >= 11 is 0. The molecule has 0 saturated carbocycles. The summed E-state index contributed by atoms with van der Waals surface area (Å²) in [6, 6.07) is 4.06. The Bertz CT molecular complexity index is 1470. The van der Waals surface area contributed by atoms with E-state index in [0.717, 1.165) is 47.0 Å². The van der Waals surface area contributed by atoms with Gasteiger partial charge in [-0.1, -0.05) is 32.0 Å². The second kappa shape index (κ2) is 19.0. The molecule has 1 saturated heterocycles. The van der Waals surface area contributed by atoms with Gasteiger partial charge in [0.05, 0.1) is 39.8 Å². The first-order chi connectivity index (χ1) is 23.7. The van der Waals surface area contributed by atoms with Gasteiger partial charge < -0.3 is 45.5 Å². The number of para-hydroxylation sites is 1. The molecule has 6 N–H and O–H groups in total. The molecule has 0 radical (unpaired) electrons. The molecular weight excluding hydrogens is 646 g/mol. The normalized spacial score (nSPS) is 16.4. The Hall–Kier alpha value is -4.50. The topological polar surface area (TPSA) is 199 Å². The fraction of sp³-hybridized carbons (Fsp3) is 0.600. The predicted octanol–water partition coefficient (Wildman–Crippen LogP) is 0.536. The molecule has 1 aliphatic rings. The zero-order valence-corrected chi connectivity index (χ0v) is 29.8. The minimum absolute atomic E-state index is 0.195. The lowest BCUT2D eigenvalue weighted by Gasteiger charge is -2.37. The van der Waals surface area contributed by atoms with Gasteiger partial charge in [0.2, 0.25) is 30.0 Å². The number of hydrogen-bond donors (Lipinski definition) is 6. The summed E-state index contributed by atoms with van der Waals surface area (Å²) in [6.07, 6.45) is 3.89. The van der Waals surface area contributed by atoms with Gasteiger partial charge in [0.25, 0.3) is 0 Å². The third kappa shape index (κ3) is 11.8. The van der Waals surface area contributed by atoms with Crippen LogP contribution in [0.4, 0.5) is 0 Å². The van der Waals surface area contributed by atoms with Crippen molar-refractivity contribution in [2.45, 2.75) is 77.0 Å². The molecule has 1 aromatic carbocycles. The van der Waals surface area contributed by atoms with Crippen LogP contribution in [0.3, 0.4) is 0 Å². The van der Waals surface area contributed by atoms with E-state index in [1.165, 1.54) is 11.9 Å². The molecule has 2 heterocycles. The SMILES string of the molecule is CC(CC(=O)O)NC(=O)CNC(=O)C(CCCC[N+]1(C)CCOCC1)NC(=O)C(C(C)C)N(C)C(=O)C(Cc1c[nH]c2ccccc12)NC=O. The lowest BCUT2D eigenvalue weighted by atomic mass is 9.98. The van der Waals surface area contributed by atoms with Crippen molar-refractivity contribution in [1.82, 2.24) is 31.2 Å². The number of morpholine rings is 1. The van der Waals surface area contributed by atoms with E-state index in [1.807, 2.05) is 24.3 Å². The van der Waals surface area contributed by atoms with Crippen molar-refractivity contribution in [2.75, 3.05) is 53.5 Å². The monoisotopic (exact) mass is 700 g/mol. The number of amides is 5. The Balaban J connectivity index is 1.72. The van der Waals surface area contributed by atoms with Crippen molar-refractivity contribution in [3.8, 4) is 0 Å². The zero-order valence-electron chi connectivity index (χ0n) is 29.8. The molecule has 0 aliphatic carbocycles. The number of carbonyl (C=O) groups is 6. The van der Waals surface area contributed by atoms with Crippen LogP contribution in [-0.2, 0) is 39.9 Å². The predicted molar refractivity (Wildman–Crippen MR) is 187 cm³/mol. The van der Waals surface area contributed by atoms with Gasteiger partial charge in [0, 0.05) is 36.6 Å². The maximum atomic E-state index is 13.9. The van der Waals surface area contributed by atoms with Crippen LogP contribution in [0.1, 0.15) is 52.0 Å². The van der Waals surface area contributed by atoms with Crippen LogP contribution in [0.2, 0.25) is 0 Å². The van der Waals surface area contributed by atoms with Crippen molar-refractivity contribution >= 4 is 46.9 Å². The summed E-state index contributed by atoms with van der Waals surface area (Å²) in [5, 5.41) is 20.4. The largest absolute Gasteiger partial charge is 0.481 e. The van der Waals surface area contributed by atoms with Gasteiger partial charge in [-0.2, -0.15) is 0 Å². The summed E-state index contributed by atoms with van der Waals surface area (Å²) in [5.41, 5.74) is 1.73. The molecule has 1 aliphatic heterocycles. The average Bonchev–Trinajstić information content (AvgIpc) is 3.46. The van der Waals surface area contributed by atoms with Crippen LogP contribution in [-0.4, -0.2) is 133 Å². The van der Waals surface area contributed by atoms with Gasteiger partial charge >= 0.3 is 5.97 Å². The number of hydrogen-bond acceptors (Lipinski definition) is 7. The number of quaternary nitrogens is 1. The number of nitrogens with one attached hydrogen (secondary N) is 5. The second-order valence-electron chi connectivity index (χ2n) is 13.8. The number of aromatic amines is 1. The number of unbranched alkanes of at least 4 members (excludes halogenated alkanes) is 1. The quantitative estimate of drug-likeness (QED) is 0.0653. The molecule has 15 nitrogen and oxygen atoms in total. The van der Waals surface area contributed by atoms with Crippen molar-refractivity contribution in [1.29, 1.82) is 0 Å². The summed E-state index contributed by atoms with van der Waals surface area (Å²) in [4.78, 5) is 80.6. The number of ether oxygens (including phenoxy) is 1. The third-order valence-corrected chi connectivity index (χ3v) is 9.27. The van der Waals surface area contributed by atoms with Gasteiger partial charge in [0.1, 0.15) is 31.2 Å². The summed E-state index contributed by atoms with van der Waals surface area (Å²) in [6.45, 7) is 8.79. The third-order valence-electron chi connectivity index (χ3n) is 9.27. The minimum Gasteiger partial charge on any atom is -0.481 e. The number of carbonyl (C=O) groups excluding carboxylic acids is 5. The molecule has 276 valence electrons. The molecule has 1 aromatic heterocycles. The lowest BCUT2D eigenvalue weighted by Crippen LogP contribution is -2.58. The first-order valence-corrected chi connectivity index (χ1v) is 17.3. The Morgan fingerprint density at radius 3 is 2.38 bits per heavy atom. The van der Waals surface area contributed by atoms with Crippen molar-refractivity contribution in [3.63, 3.8) is 0 Å². The summed E-state index contributed by atoms with van der Waals surface area (Å²) in [5.74, 6) is -3.55. The smallest absolute Gasteiger partial charge is 0.305 e. The molecule has 2 aromatic rings. The van der Waals surface area contributed by atoms with E-state index >= 15 is 0 Å². The number of nitrogens with zero attached hydrogens (tertiary/aromatic N) is 2. The Labute approximate surface area is 293 Å². The van der Waals surface area contributed by atoms with Gasteiger partial charge in [-0.05, 0) is 43.7 Å². The van der Waals surface area contributed by atoms with Gasteiger partial charge in [-0.25, -0.2) is 0 Å². The maximum absolute atomic E-state index is 13.9. The highest BCUT2D eigenvalue weighted by molar-refractivity contribution is 5.95. The van der Waals surface area contributed by atoms with Crippen LogP contribution in [0.5, 0.6) is 0 Å². The van der Waals surface area contributed by atoms with Crippen molar-refractivity contribution in [2.24, 2.45) is 5.92 Å². The summed E-state index contributed by atoms with van der Waals surface area (Å²) in [7, 11) is 3.68. The summed E-state index contributed by atoms with van der Waals surface area (Å²) < 4.78 is 6.35. The molecule has 5 amide bonds. The van der Waals surface area contributed by atoms with E-state index in [4.69, 9.17) is 9.84 Å². The van der Waals surface area contributed by atoms with E-state index in [1.54, 1.807) is 27.0 Å². The van der Waals surface area contributed by atoms with Crippen LogP contribution < -0.4 is 21.3 Å². The molecule has 15 heteroatoms. The lowest BCUT2D eigenvalue weighted by molar-refractivity contribution is -0.917. The van der Waals surface area contributed by atoms with Crippen LogP contribution in [0.15, 0.2) is 30.5 Å². The van der Waals surface area contributed by atoms with Gasteiger partial charge in [-0.15, -0.1) is 0 Å². The molecule has 50 heavy (non-hydrogen) atoms. The van der Waals surface area contributed by atoms with Crippen LogP contribution >= 0.6 is 0 Å². The molecule has 4 unspecified atom stereocenters. The minimum atomic E-state index is -1.06. The zero-order chi connectivity index (χ0) is 36.8. The first kappa shape index (κ1) is 39.9. The highest BCUT2D eigenvalue weighted by Crippen LogP contribution is 2.21. The number of aromatic nitrogens is 1. The van der Waals surface area contributed by atoms with Gasteiger partial charge in [0.15, 0.2) is 0 Å². The highest BCUT2D eigenvalue weighted by atomic mass is 16.5. The van der Waals surface area contributed by atoms with Crippen LogP contribution in [0.25, 0.3) is 10.9 Å². The van der Waals surface area contributed by atoms with Crippen LogP contribution in [0, 0.1) is 5.92 Å². The number of aliphatic carboxylic acids is 1. The van der Waals surface area contributed by atoms with E-state index < -0.39 is 60.3 Å². The highest BCUT2D eigenvalue weighted by Gasteiger charge is 2.36. The maximum Gasteiger partial charge on any atom is 0.305 e. The Kier molecular flexibility index (Phi) is 15.2. The van der Waals surface area contributed by atoms with Gasteiger partial charge in [-0.3, -0.25) is 28.8 Å². The number of rotatable bonds is 20. The molecule has 1 fully saturated rings. The number of H-pyrrole nitrogens is 1. The molecule has 3 rings (SSSR count). The fourth-order valence-corrected chi connectivity index (χ4v) is 6.43. The van der Waals surface area contributed by atoms with E-state index in [0.29, 0.717) is 32.5 Å². The standard InChI is InChI=1S/C35H53N7O8/c1-23(2)32(41(4)35(49)29(38-22-43)19-25-20-36-27-11-7-6-10-26(25)27)34(48)40-28(12-8-9-13-42(5)14-16-50-17-15-42)33(47)37-21-30(44)39-24(3)18-31(45)46/h6-7,10-11,20,22-24,28-29,32,36H,8-9,12-19,21H2,1-5H3,(H4-,37,38,39,40,43,44,45,46,47,48)/p+1. The Morgan fingerprint density at radius 2 is 1.72 bits per heavy atom. The van der Waals surface area contributed by atoms with E-state index in [2.05, 4.69) is 33.3 Å². The Morgan fingerprint density at radius 1 is 1.02 bits per heavy atom.